The number of fused-ring (bicyclic) bond motifs is 1. The van der Waals surface area contributed by atoms with E-state index in [2.05, 4.69) is 60.2 Å². The normalized spacial score (nSPS) is 26.9. The fraction of sp³-hybridized carbons (Fsp3) is 0.471. The summed E-state index contributed by atoms with van der Waals surface area (Å²) >= 11 is 0. The van der Waals surface area contributed by atoms with E-state index < -0.39 is 0 Å². The summed E-state index contributed by atoms with van der Waals surface area (Å²) in [5, 5.41) is 6.21. The lowest BCUT2D eigenvalue weighted by molar-refractivity contribution is 0.286. The Hall–Kier alpha value is -1.61. The molecule has 1 aliphatic rings. The van der Waals surface area contributed by atoms with Crippen LogP contribution in [0.3, 0.4) is 0 Å². The predicted octanol–water partition coefficient (Wildman–Crippen LogP) is 3.20. The third-order valence-electron chi connectivity index (χ3n) is 4.62. The zero-order valence-corrected chi connectivity index (χ0v) is 12.6. The molecular weight excluding hydrogens is 246 g/mol. The molecule has 0 spiro atoms. The summed E-state index contributed by atoms with van der Waals surface area (Å²) in [5.41, 5.74) is 1.53. The van der Waals surface area contributed by atoms with Crippen LogP contribution in [0.15, 0.2) is 36.7 Å². The van der Waals surface area contributed by atoms with Crippen LogP contribution in [0, 0.1) is 0 Å². The molecule has 20 heavy (non-hydrogen) atoms. The maximum absolute atomic E-state index is 4.23. The molecule has 2 aromatic rings. The van der Waals surface area contributed by atoms with Crippen molar-refractivity contribution < 1.29 is 0 Å². The van der Waals surface area contributed by atoms with Crippen LogP contribution in [-0.4, -0.2) is 29.7 Å². The molecule has 0 aliphatic carbocycles. The number of pyridine rings is 1. The number of rotatable bonds is 2. The van der Waals surface area contributed by atoms with Crippen molar-refractivity contribution in [3.05, 3.63) is 36.7 Å². The molecule has 0 bridgehead atoms. The lowest BCUT2D eigenvalue weighted by Gasteiger charge is -2.46. The average molecular weight is 269 g/mol. The molecule has 0 saturated carbocycles. The van der Waals surface area contributed by atoms with E-state index in [1.807, 2.05) is 12.4 Å². The SMILES string of the molecule is CCC1(C)CN(c2cccc3cnccc23)C(C)CN1. The van der Waals surface area contributed by atoms with E-state index in [0.29, 0.717) is 6.04 Å². The van der Waals surface area contributed by atoms with Crippen LogP contribution in [0.5, 0.6) is 0 Å². The van der Waals surface area contributed by atoms with Crippen molar-refractivity contribution in [1.29, 1.82) is 0 Å². The quantitative estimate of drug-likeness (QED) is 0.907. The fourth-order valence-corrected chi connectivity index (χ4v) is 3.01. The van der Waals surface area contributed by atoms with Crippen LogP contribution >= 0.6 is 0 Å². The Morgan fingerprint density at radius 2 is 2.25 bits per heavy atom. The third kappa shape index (κ3) is 2.27. The number of anilines is 1. The van der Waals surface area contributed by atoms with Gasteiger partial charge in [-0.2, -0.15) is 0 Å². The van der Waals surface area contributed by atoms with Gasteiger partial charge in [-0.05, 0) is 32.4 Å². The van der Waals surface area contributed by atoms with Crippen molar-refractivity contribution in [2.75, 3.05) is 18.0 Å². The van der Waals surface area contributed by atoms with Gasteiger partial charge in [-0.1, -0.05) is 19.1 Å². The number of hydrogen-bond donors (Lipinski definition) is 1. The van der Waals surface area contributed by atoms with Crippen LogP contribution in [0.2, 0.25) is 0 Å². The first-order valence-corrected chi connectivity index (χ1v) is 7.47. The Balaban J connectivity index is 2.05. The van der Waals surface area contributed by atoms with Gasteiger partial charge in [0.05, 0.1) is 0 Å². The molecule has 2 unspecified atom stereocenters. The van der Waals surface area contributed by atoms with Crippen LogP contribution in [0.25, 0.3) is 10.8 Å². The van der Waals surface area contributed by atoms with E-state index in [1.54, 1.807) is 0 Å². The van der Waals surface area contributed by atoms with Crippen LogP contribution in [0.1, 0.15) is 27.2 Å². The highest BCUT2D eigenvalue weighted by molar-refractivity contribution is 5.93. The topological polar surface area (TPSA) is 28.2 Å². The summed E-state index contributed by atoms with van der Waals surface area (Å²) in [5.74, 6) is 0. The van der Waals surface area contributed by atoms with Crippen LogP contribution in [-0.2, 0) is 0 Å². The first kappa shape index (κ1) is 13.4. The summed E-state index contributed by atoms with van der Waals surface area (Å²) in [6.45, 7) is 8.95. The zero-order chi connectivity index (χ0) is 14.2. The molecule has 1 N–H and O–H groups in total. The highest BCUT2D eigenvalue weighted by Gasteiger charge is 2.33. The van der Waals surface area contributed by atoms with Crippen LogP contribution < -0.4 is 10.2 Å². The minimum Gasteiger partial charge on any atom is -0.365 e. The van der Waals surface area contributed by atoms with Crippen molar-refractivity contribution in [1.82, 2.24) is 10.3 Å². The van der Waals surface area contributed by atoms with Gasteiger partial charge in [-0.15, -0.1) is 0 Å². The zero-order valence-electron chi connectivity index (χ0n) is 12.6. The third-order valence-corrected chi connectivity index (χ3v) is 4.62. The minimum atomic E-state index is 0.196. The second-order valence-electron chi connectivity index (χ2n) is 6.15. The number of nitrogens with zero attached hydrogens (tertiary/aromatic N) is 2. The molecule has 0 radical (unpaired) electrons. The van der Waals surface area contributed by atoms with E-state index in [9.17, 15) is 0 Å². The second-order valence-corrected chi connectivity index (χ2v) is 6.15. The van der Waals surface area contributed by atoms with E-state index in [4.69, 9.17) is 0 Å². The first-order chi connectivity index (χ1) is 9.63. The molecule has 0 amide bonds. The van der Waals surface area contributed by atoms with E-state index >= 15 is 0 Å². The molecule has 1 aromatic carbocycles. The van der Waals surface area contributed by atoms with Gasteiger partial charge in [0.25, 0.3) is 0 Å². The Morgan fingerprint density at radius 3 is 3.05 bits per heavy atom. The average Bonchev–Trinajstić information content (AvgIpc) is 2.49. The van der Waals surface area contributed by atoms with Gasteiger partial charge in [0, 0.05) is 53.5 Å². The summed E-state index contributed by atoms with van der Waals surface area (Å²) in [6.07, 6.45) is 4.98. The van der Waals surface area contributed by atoms with Gasteiger partial charge in [0.1, 0.15) is 0 Å². The van der Waals surface area contributed by atoms with E-state index in [-0.39, 0.29) is 5.54 Å². The van der Waals surface area contributed by atoms with Gasteiger partial charge in [-0.3, -0.25) is 4.98 Å². The van der Waals surface area contributed by atoms with Gasteiger partial charge in [-0.25, -0.2) is 0 Å². The van der Waals surface area contributed by atoms with Gasteiger partial charge in [0.15, 0.2) is 0 Å². The smallest absolute Gasteiger partial charge is 0.0450 e. The van der Waals surface area contributed by atoms with Gasteiger partial charge >= 0.3 is 0 Å². The van der Waals surface area contributed by atoms with Gasteiger partial charge in [0.2, 0.25) is 0 Å². The minimum absolute atomic E-state index is 0.196. The lowest BCUT2D eigenvalue weighted by atomic mass is 9.93. The number of piperazine rings is 1. The summed E-state index contributed by atoms with van der Waals surface area (Å²) in [6, 6.07) is 9.14. The van der Waals surface area contributed by atoms with Crippen LogP contribution in [0.4, 0.5) is 5.69 Å². The monoisotopic (exact) mass is 269 g/mol. The maximum atomic E-state index is 4.23. The van der Waals surface area contributed by atoms with Gasteiger partial charge < -0.3 is 10.2 Å². The molecule has 106 valence electrons. The number of hydrogen-bond acceptors (Lipinski definition) is 3. The Bertz CT molecular complexity index is 605. The van der Waals surface area contributed by atoms with Crippen molar-refractivity contribution in [3.8, 4) is 0 Å². The molecule has 1 aromatic heterocycles. The number of benzene rings is 1. The molecule has 3 rings (SSSR count). The lowest BCUT2D eigenvalue weighted by Crippen LogP contribution is -2.62. The highest BCUT2D eigenvalue weighted by Crippen LogP contribution is 2.31. The van der Waals surface area contributed by atoms with Crippen molar-refractivity contribution in [2.24, 2.45) is 0 Å². The fourth-order valence-electron chi connectivity index (χ4n) is 3.01. The molecular formula is C17H23N3. The van der Waals surface area contributed by atoms with Crippen molar-refractivity contribution >= 4 is 16.5 Å². The Kier molecular flexibility index (Phi) is 3.38. The van der Waals surface area contributed by atoms with E-state index in [1.165, 1.54) is 16.5 Å². The predicted molar refractivity (Wildman–Crippen MR) is 85.2 cm³/mol. The molecule has 2 atom stereocenters. The molecule has 1 aliphatic heterocycles. The summed E-state index contributed by atoms with van der Waals surface area (Å²) in [4.78, 5) is 6.78. The summed E-state index contributed by atoms with van der Waals surface area (Å²) < 4.78 is 0. The molecule has 3 heteroatoms. The number of nitrogens with one attached hydrogen (secondary N) is 1. The summed E-state index contributed by atoms with van der Waals surface area (Å²) in [7, 11) is 0. The highest BCUT2D eigenvalue weighted by atomic mass is 15.3. The first-order valence-electron chi connectivity index (χ1n) is 7.47. The van der Waals surface area contributed by atoms with E-state index in [0.717, 1.165) is 19.5 Å². The standard InChI is InChI=1S/C17H23N3/c1-4-17(3)12-20(13(2)10-19-17)16-7-5-6-14-11-18-9-8-15(14)16/h5-9,11,13,19H,4,10,12H2,1-3H3. The Labute approximate surface area is 121 Å². The largest absolute Gasteiger partial charge is 0.365 e. The molecule has 3 nitrogen and oxygen atoms in total. The second kappa shape index (κ2) is 5.06. The van der Waals surface area contributed by atoms with Crippen molar-refractivity contribution in [3.63, 3.8) is 0 Å². The molecule has 2 heterocycles. The Morgan fingerprint density at radius 1 is 1.40 bits per heavy atom. The maximum Gasteiger partial charge on any atom is 0.0450 e. The van der Waals surface area contributed by atoms with Crippen molar-refractivity contribution in [2.45, 2.75) is 38.8 Å². The number of aromatic nitrogens is 1. The molecule has 1 fully saturated rings. The molecule has 1 saturated heterocycles.